The highest BCUT2D eigenvalue weighted by Gasteiger charge is 1.90. The van der Waals surface area contributed by atoms with Crippen LogP contribution in [-0.4, -0.2) is 5.11 Å². The van der Waals surface area contributed by atoms with Crippen molar-refractivity contribution in [3.05, 3.63) is 29.8 Å². The molecule has 1 rings (SSSR count). The summed E-state index contributed by atoms with van der Waals surface area (Å²) in [5, 5.41) is 9.35. The van der Waals surface area contributed by atoms with E-state index < -0.39 is 0 Å². The molecule has 0 aromatic heterocycles. The summed E-state index contributed by atoms with van der Waals surface area (Å²) < 4.78 is 10.2. The van der Waals surface area contributed by atoms with E-state index in [1.54, 1.807) is 24.3 Å². The molecule has 52 valence electrons. The van der Waals surface area contributed by atoms with Crippen LogP contribution in [0.2, 0.25) is 0 Å². The molecule has 0 saturated heterocycles. The Hall–Kier alpha value is -0.720. The third kappa shape index (κ3) is 1.63. The molecule has 2 nitrogen and oxygen atoms in total. The number of benzene rings is 1. The summed E-state index contributed by atoms with van der Waals surface area (Å²) >= 11 is 0. The molecule has 0 atom stereocenters. The highest BCUT2D eigenvalue weighted by molar-refractivity contribution is 7.34. The fraction of sp³-hybridized carbons (Fsp3) is 0.143. The highest BCUT2D eigenvalue weighted by atomic mass is 31.1. The zero-order valence-electron chi connectivity index (χ0n) is 5.32. The minimum atomic E-state index is 0.0263. The number of aliphatic hydroxyl groups is 1. The second kappa shape index (κ2) is 3.45. The molecule has 3 heteroatoms. The van der Waals surface area contributed by atoms with Crippen LogP contribution in [-0.2, 0) is 11.2 Å². The van der Waals surface area contributed by atoms with Crippen molar-refractivity contribution in [2.24, 2.45) is 0 Å². The zero-order valence-corrected chi connectivity index (χ0v) is 6.21. The zero-order chi connectivity index (χ0) is 7.40. The summed E-state index contributed by atoms with van der Waals surface area (Å²) in [6.07, 6.45) is 0. The molecule has 0 spiro atoms. The molecule has 0 fully saturated rings. The van der Waals surface area contributed by atoms with Crippen molar-refractivity contribution in [3.63, 3.8) is 0 Å². The molecular weight excluding hydrogens is 147 g/mol. The minimum absolute atomic E-state index is 0.0263. The third-order valence-electron chi connectivity index (χ3n) is 1.22. The predicted octanol–water partition coefficient (Wildman–Crippen LogP) is 1.10. The van der Waals surface area contributed by atoms with Gasteiger partial charge in [0.05, 0.1) is 6.61 Å². The Labute approximate surface area is 60.7 Å². The molecule has 0 bridgehead atoms. The second-order valence-corrected chi connectivity index (χ2v) is 2.61. The molecule has 0 saturated carbocycles. The molecule has 0 unspecified atom stereocenters. The molecule has 0 radical (unpaired) electrons. The number of hydrogen-bond acceptors (Lipinski definition) is 2. The van der Waals surface area contributed by atoms with E-state index in [2.05, 4.69) is 0 Å². The van der Waals surface area contributed by atoms with E-state index in [1.165, 1.54) is 0 Å². The number of aliphatic hydroxyl groups excluding tert-OH is 1. The monoisotopic (exact) mass is 154 g/mol. The summed E-state index contributed by atoms with van der Waals surface area (Å²) in [6, 6.07) is 6.95. The summed E-state index contributed by atoms with van der Waals surface area (Å²) in [7, 11) is 0.0263. The molecule has 0 aliphatic heterocycles. The Morgan fingerprint density at radius 3 is 2.30 bits per heavy atom. The lowest BCUT2D eigenvalue weighted by atomic mass is 10.2. The SMILES string of the molecule is O=Pc1ccc(CO)cc1. The topological polar surface area (TPSA) is 37.3 Å². The maximum Gasteiger partial charge on any atom is 0.192 e. The lowest BCUT2D eigenvalue weighted by molar-refractivity contribution is 0.282. The van der Waals surface area contributed by atoms with Crippen molar-refractivity contribution in [1.82, 2.24) is 0 Å². The largest absolute Gasteiger partial charge is 0.392 e. The van der Waals surface area contributed by atoms with Crippen molar-refractivity contribution < 1.29 is 9.67 Å². The first-order chi connectivity index (χ1) is 4.86. The van der Waals surface area contributed by atoms with Gasteiger partial charge in [-0.05, 0) is 17.7 Å². The summed E-state index contributed by atoms with van der Waals surface area (Å²) in [6.45, 7) is 0.0377. The number of rotatable bonds is 2. The lowest BCUT2D eigenvalue weighted by Crippen LogP contribution is -1.91. The first-order valence-corrected chi connectivity index (χ1v) is 3.71. The summed E-state index contributed by atoms with van der Waals surface area (Å²) in [4.78, 5) is 0. The molecule has 0 aliphatic carbocycles. The van der Waals surface area contributed by atoms with Gasteiger partial charge in [0, 0.05) is 5.30 Å². The molecule has 10 heavy (non-hydrogen) atoms. The van der Waals surface area contributed by atoms with E-state index in [0.717, 1.165) is 10.9 Å². The predicted molar refractivity (Wildman–Crippen MR) is 39.6 cm³/mol. The van der Waals surface area contributed by atoms with Crippen LogP contribution < -0.4 is 5.30 Å². The van der Waals surface area contributed by atoms with Crippen molar-refractivity contribution in [1.29, 1.82) is 0 Å². The maximum absolute atomic E-state index is 10.2. The van der Waals surface area contributed by atoms with E-state index in [1.807, 2.05) is 0 Å². The van der Waals surface area contributed by atoms with E-state index >= 15 is 0 Å². The van der Waals surface area contributed by atoms with Crippen molar-refractivity contribution in [3.8, 4) is 0 Å². The highest BCUT2D eigenvalue weighted by Crippen LogP contribution is 2.00. The normalized spacial score (nSPS) is 10.1. The summed E-state index contributed by atoms with van der Waals surface area (Å²) in [5.41, 5.74) is 0.840. The van der Waals surface area contributed by atoms with E-state index in [0.29, 0.717) is 0 Å². The van der Waals surface area contributed by atoms with Gasteiger partial charge in [-0.1, -0.05) is 12.1 Å². The quantitative estimate of drug-likeness (QED) is 0.647. The Bertz CT molecular complexity index is 218. The van der Waals surface area contributed by atoms with Gasteiger partial charge in [0.1, 0.15) is 0 Å². The van der Waals surface area contributed by atoms with E-state index in [-0.39, 0.29) is 15.1 Å². The summed E-state index contributed by atoms with van der Waals surface area (Å²) in [5.74, 6) is 0. The average Bonchev–Trinajstić information content (AvgIpc) is 2.05. The Balaban J connectivity index is 2.90. The average molecular weight is 154 g/mol. The fourth-order valence-corrected chi connectivity index (χ4v) is 0.933. The Morgan fingerprint density at radius 1 is 1.30 bits per heavy atom. The van der Waals surface area contributed by atoms with Gasteiger partial charge in [-0.3, -0.25) is 4.57 Å². The van der Waals surface area contributed by atoms with Crippen molar-refractivity contribution in [2.45, 2.75) is 6.61 Å². The molecule has 1 aromatic carbocycles. The molecule has 1 aromatic rings. The molecular formula is C7H7O2P. The van der Waals surface area contributed by atoms with Crippen molar-refractivity contribution in [2.75, 3.05) is 0 Å². The van der Waals surface area contributed by atoms with Crippen LogP contribution in [0.5, 0.6) is 0 Å². The molecule has 1 N–H and O–H groups in total. The van der Waals surface area contributed by atoms with Crippen molar-refractivity contribution >= 4 is 13.8 Å². The first kappa shape index (κ1) is 7.39. The van der Waals surface area contributed by atoms with Crippen LogP contribution in [0.15, 0.2) is 24.3 Å². The van der Waals surface area contributed by atoms with Gasteiger partial charge < -0.3 is 5.11 Å². The Kier molecular flexibility index (Phi) is 2.55. The lowest BCUT2D eigenvalue weighted by Gasteiger charge is -1.92. The van der Waals surface area contributed by atoms with Crippen LogP contribution in [0, 0.1) is 0 Å². The number of hydrogen-bond donors (Lipinski definition) is 1. The van der Waals surface area contributed by atoms with Crippen LogP contribution in [0.3, 0.4) is 0 Å². The molecule has 0 heterocycles. The van der Waals surface area contributed by atoms with Crippen LogP contribution >= 0.6 is 8.46 Å². The Morgan fingerprint density at radius 2 is 1.90 bits per heavy atom. The molecule has 0 amide bonds. The van der Waals surface area contributed by atoms with Gasteiger partial charge in [0.15, 0.2) is 8.46 Å². The van der Waals surface area contributed by atoms with Crippen LogP contribution in [0.4, 0.5) is 0 Å². The van der Waals surface area contributed by atoms with Gasteiger partial charge >= 0.3 is 0 Å². The van der Waals surface area contributed by atoms with Gasteiger partial charge in [-0.25, -0.2) is 0 Å². The van der Waals surface area contributed by atoms with Gasteiger partial charge in [0.2, 0.25) is 0 Å². The third-order valence-corrected chi connectivity index (χ3v) is 1.73. The smallest absolute Gasteiger partial charge is 0.192 e. The van der Waals surface area contributed by atoms with Gasteiger partial charge in [-0.15, -0.1) is 0 Å². The van der Waals surface area contributed by atoms with Crippen LogP contribution in [0.25, 0.3) is 0 Å². The van der Waals surface area contributed by atoms with Gasteiger partial charge in [-0.2, -0.15) is 0 Å². The van der Waals surface area contributed by atoms with Gasteiger partial charge in [0.25, 0.3) is 0 Å². The van der Waals surface area contributed by atoms with E-state index in [9.17, 15) is 4.57 Å². The van der Waals surface area contributed by atoms with Crippen LogP contribution in [0.1, 0.15) is 5.56 Å². The maximum atomic E-state index is 10.2. The fourth-order valence-electron chi connectivity index (χ4n) is 0.662. The standard InChI is InChI=1S/C7H7O2P/c8-5-6-1-3-7(10-9)4-2-6/h1-4,8H,5H2. The minimum Gasteiger partial charge on any atom is -0.392 e. The van der Waals surface area contributed by atoms with E-state index in [4.69, 9.17) is 5.11 Å². The molecule has 0 aliphatic rings. The second-order valence-electron chi connectivity index (χ2n) is 1.92. The first-order valence-electron chi connectivity index (χ1n) is 2.90.